The summed E-state index contributed by atoms with van der Waals surface area (Å²) >= 11 is 0. The van der Waals surface area contributed by atoms with Crippen LogP contribution in [0.15, 0.2) is 0 Å². The Labute approximate surface area is 84.7 Å². The minimum absolute atomic E-state index is 0.0211. The summed E-state index contributed by atoms with van der Waals surface area (Å²) in [6.07, 6.45) is 7.28. The van der Waals surface area contributed by atoms with Crippen molar-refractivity contribution in [3.8, 4) is 0 Å². The molecule has 3 aliphatic rings. The molecule has 0 unspecified atom stereocenters. The van der Waals surface area contributed by atoms with E-state index in [1.54, 1.807) is 0 Å². The minimum atomic E-state index is -0.587. The number of fused-ring (bicyclic) bond motifs is 3. The Morgan fingerprint density at radius 3 is 2.93 bits per heavy atom. The first-order valence-corrected chi connectivity index (χ1v) is 5.96. The molecule has 3 saturated carbocycles. The first kappa shape index (κ1) is 8.90. The highest BCUT2D eigenvalue weighted by molar-refractivity contribution is 5.85. The summed E-state index contributed by atoms with van der Waals surface area (Å²) in [4.78, 5) is 11.8. The van der Waals surface area contributed by atoms with Gasteiger partial charge in [-0.05, 0) is 31.1 Å². The van der Waals surface area contributed by atoms with E-state index in [-0.39, 0.29) is 5.92 Å². The molecule has 0 aromatic heterocycles. The van der Waals surface area contributed by atoms with Crippen molar-refractivity contribution in [1.82, 2.24) is 0 Å². The van der Waals surface area contributed by atoms with E-state index < -0.39 is 5.60 Å². The lowest BCUT2D eigenvalue weighted by Gasteiger charge is -2.28. The van der Waals surface area contributed by atoms with Gasteiger partial charge in [0.2, 0.25) is 0 Å². The van der Waals surface area contributed by atoms with Crippen LogP contribution in [0.1, 0.15) is 44.9 Å². The number of ketones is 1. The van der Waals surface area contributed by atoms with Crippen molar-refractivity contribution < 1.29 is 9.90 Å². The number of aliphatic hydroxyl groups is 1. The Morgan fingerprint density at radius 2 is 2.07 bits per heavy atom. The van der Waals surface area contributed by atoms with Gasteiger partial charge in [-0.1, -0.05) is 19.3 Å². The van der Waals surface area contributed by atoms with Gasteiger partial charge in [0.1, 0.15) is 5.78 Å². The van der Waals surface area contributed by atoms with Crippen LogP contribution in [0.25, 0.3) is 0 Å². The highest BCUT2D eigenvalue weighted by atomic mass is 16.3. The Bertz CT molecular complexity index is 273. The summed E-state index contributed by atoms with van der Waals surface area (Å²) in [5, 5.41) is 10.4. The zero-order valence-corrected chi connectivity index (χ0v) is 8.54. The summed E-state index contributed by atoms with van der Waals surface area (Å²) in [5.41, 5.74) is -0.587. The molecule has 3 aliphatic carbocycles. The number of hydrogen-bond donors (Lipinski definition) is 1. The first-order valence-electron chi connectivity index (χ1n) is 5.96. The minimum Gasteiger partial charge on any atom is -0.389 e. The molecule has 3 fully saturated rings. The largest absolute Gasteiger partial charge is 0.389 e. The zero-order chi connectivity index (χ0) is 9.76. The number of Topliss-reactive ketones (excluding diaryl/α,β-unsaturated/α-hetero) is 1. The molecule has 14 heavy (non-hydrogen) atoms. The molecule has 0 aromatic carbocycles. The van der Waals surface area contributed by atoms with E-state index >= 15 is 0 Å². The Balaban J connectivity index is 1.92. The molecule has 3 rings (SSSR count). The summed E-state index contributed by atoms with van der Waals surface area (Å²) in [5.74, 6) is 1.56. The van der Waals surface area contributed by atoms with E-state index in [2.05, 4.69) is 0 Å². The second-order valence-electron chi connectivity index (χ2n) is 5.46. The van der Waals surface area contributed by atoms with Crippen LogP contribution in [0, 0.1) is 17.8 Å². The van der Waals surface area contributed by atoms with Crippen LogP contribution >= 0.6 is 0 Å². The van der Waals surface area contributed by atoms with E-state index in [1.165, 1.54) is 25.7 Å². The quantitative estimate of drug-likeness (QED) is 0.639. The second-order valence-corrected chi connectivity index (χ2v) is 5.46. The second kappa shape index (κ2) is 2.82. The van der Waals surface area contributed by atoms with Crippen LogP contribution in [0.2, 0.25) is 0 Å². The first-order chi connectivity index (χ1) is 6.71. The highest BCUT2D eigenvalue weighted by Gasteiger charge is 2.58. The van der Waals surface area contributed by atoms with E-state index in [1.807, 2.05) is 0 Å². The maximum Gasteiger partial charge on any atom is 0.139 e. The molecule has 0 spiro atoms. The van der Waals surface area contributed by atoms with Crippen LogP contribution in [-0.2, 0) is 4.79 Å². The van der Waals surface area contributed by atoms with Crippen LogP contribution in [0.3, 0.4) is 0 Å². The molecular weight excluding hydrogens is 176 g/mol. The fourth-order valence-electron chi connectivity index (χ4n) is 4.20. The summed E-state index contributed by atoms with van der Waals surface area (Å²) in [6.45, 7) is 0. The molecule has 0 heterocycles. The van der Waals surface area contributed by atoms with Crippen molar-refractivity contribution in [2.75, 3.05) is 0 Å². The van der Waals surface area contributed by atoms with Crippen LogP contribution in [0.4, 0.5) is 0 Å². The van der Waals surface area contributed by atoms with Crippen LogP contribution in [-0.4, -0.2) is 16.5 Å². The molecule has 0 aromatic rings. The lowest BCUT2D eigenvalue weighted by Crippen LogP contribution is -2.33. The van der Waals surface area contributed by atoms with Crippen LogP contribution < -0.4 is 0 Å². The predicted molar refractivity (Wildman–Crippen MR) is 52.7 cm³/mol. The molecule has 1 N–H and O–H groups in total. The molecule has 0 radical (unpaired) electrons. The summed E-state index contributed by atoms with van der Waals surface area (Å²) in [6, 6.07) is 0. The Morgan fingerprint density at radius 1 is 1.29 bits per heavy atom. The number of carbonyl (C=O) groups excluding carboxylic acids is 1. The highest BCUT2D eigenvalue weighted by Crippen LogP contribution is 2.56. The van der Waals surface area contributed by atoms with Crippen molar-refractivity contribution in [3.05, 3.63) is 0 Å². The molecule has 0 saturated heterocycles. The van der Waals surface area contributed by atoms with Gasteiger partial charge in [0.15, 0.2) is 0 Å². The molecule has 78 valence electrons. The maximum absolute atomic E-state index is 11.8. The molecule has 0 aliphatic heterocycles. The molecule has 0 bridgehead atoms. The van der Waals surface area contributed by atoms with Gasteiger partial charge in [0.25, 0.3) is 0 Å². The third-order valence-electron chi connectivity index (χ3n) is 4.74. The van der Waals surface area contributed by atoms with E-state index in [4.69, 9.17) is 0 Å². The molecular formula is C12H18O2. The summed E-state index contributed by atoms with van der Waals surface area (Å²) < 4.78 is 0. The van der Waals surface area contributed by atoms with E-state index in [9.17, 15) is 9.90 Å². The smallest absolute Gasteiger partial charge is 0.139 e. The van der Waals surface area contributed by atoms with Gasteiger partial charge in [0.05, 0.1) is 5.60 Å². The normalized spacial score (nSPS) is 51.8. The summed E-state index contributed by atoms with van der Waals surface area (Å²) in [7, 11) is 0. The van der Waals surface area contributed by atoms with Crippen molar-refractivity contribution in [2.24, 2.45) is 17.8 Å². The number of rotatable bonds is 0. The predicted octanol–water partition coefficient (Wildman–Crippen LogP) is 1.91. The Kier molecular flexibility index (Phi) is 1.79. The third kappa shape index (κ3) is 1.04. The van der Waals surface area contributed by atoms with E-state index in [0.29, 0.717) is 24.0 Å². The average molecular weight is 194 g/mol. The zero-order valence-electron chi connectivity index (χ0n) is 8.54. The Hall–Kier alpha value is -0.370. The van der Waals surface area contributed by atoms with Gasteiger partial charge in [-0.2, -0.15) is 0 Å². The van der Waals surface area contributed by atoms with Gasteiger partial charge >= 0.3 is 0 Å². The van der Waals surface area contributed by atoms with Gasteiger partial charge in [-0.15, -0.1) is 0 Å². The standard InChI is InChI=1S/C12H18O2/c13-10-5-6-12(14)7-8-3-1-2-4-9(8)11(10)12/h8-9,11,14H,1-7H2/t8-,9-,11-,12+/m1/s1. The van der Waals surface area contributed by atoms with Crippen LogP contribution in [0.5, 0.6) is 0 Å². The van der Waals surface area contributed by atoms with Gasteiger partial charge in [-0.3, -0.25) is 4.79 Å². The molecule has 4 atom stereocenters. The van der Waals surface area contributed by atoms with Crippen molar-refractivity contribution in [3.63, 3.8) is 0 Å². The maximum atomic E-state index is 11.8. The van der Waals surface area contributed by atoms with Crippen molar-refractivity contribution >= 4 is 5.78 Å². The number of carbonyl (C=O) groups is 1. The monoisotopic (exact) mass is 194 g/mol. The topological polar surface area (TPSA) is 37.3 Å². The van der Waals surface area contributed by atoms with Gasteiger partial charge in [0, 0.05) is 12.3 Å². The lowest BCUT2D eigenvalue weighted by molar-refractivity contribution is -0.125. The lowest BCUT2D eigenvalue weighted by atomic mass is 9.77. The molecule has 2 nitrogen and oxygen atoms in total. The fourth-order valence-corrected chi connectivity index (χ4v) is 4.20. The van der Waals surface area contributed by atoms with Gasteiger partial charge in [-0.25, -0.2) is 0 Å². The van der Waals surface area contributed by atoms with E-state index in [0.717, 1.165) is 12.8 Å². The van der Waals surface area contributed by atoms with Crippen molar-refractivity contribution in [1.29, 1.82) is 0 Å². The molecule has 2 heteroatoms. The number of hydrogen-bond acceptors (Lipinski definition) is 2. The molecule has 0 amide bonds. The average Bonchev–Trinajstić information content (AvgIpc) is 2.60. The fraction of sp³-hybridized carbons (Fsp3) is 0.917. The van der Waals surface area contributed by atoms with Gasteiger partial charge < -0.3 is 5.11 Å². The van der Waals surface area contributed by atoms with Crippen molar-refractivity contribution in [2.45, 2.75) is 50.5 Å². The SMILES string of the molecule is O=C1CC[C@]2(O)C[C@H]3CCCC[C@H]3[C@H]12. The third-order valence-corrected chi connectivity index (χ3v) is 4.74.